The molecule has 0 N–H and O–H groups in total. The lowest BCUT2D eigenvalue weighted by Gasteiger charge is -2.35. The van der Waals surface area contributed by atoms with Gasteiger partial charge in [-0.3, -0.25) is 0 Å². The van der Waals surface area contributed by atoms with E-state index in [4.69, 9.17) is 18.9 Å². The number of fused-ring (bicyclic) bond motifs is 2. The molecule has 0 bridgehead atoms. The molecule has 1 spiro atoms. The van der Waals surface area contributed by atoms with Crippen LogP contribution in [0.1, 0.15) is 6.42 Å². The second-order valence-electron chi connectivity index (χ2n) is 4.26. The fraction of sp³-hybridized carbons (Fsp3) is 1.00. The van der Waals surface area contributed by atoms with Crippen LogP contribution in [0.5, 0.6) is 0 Å². The first kappa shape index (κ1) is 11.1. The van der Waals surface area contributed by atoms with Crippen LogP contribution < -0.4 is 0 Å². The van der Waals surface area contributed by atoms with Crippen LogP contribution in [-0.2, 0) is 23.8 Å². The highest BCUT2D eigenvalue weighted by Gasteiger charge is 2.60. The Morgan fingerprint density at radius 2 is 2.06 bits per heavy atom. The van der Waals surface area contributed by atoms with E-state index in [-0.39, 0.29) is 13.2 Å². The molecule has 3 saturated heterocycles. The molecule has 3 rings (SSSR count). The Hall–Kier alpha value is -0.960. The van der Waals surface area contributed by atoms with Crippen LogP contribution in [0.3, 0.4) is 0 Å². The Morgan fingerprint density at radius 3 is 2.76 bits per heavy atom. The molecule has 3 atom stereocenters. The highest BCUT2D eigenvalue weighted by molar-refractivity contribution is 5.01. The molecular formula is C9H13NO7. The molecule has 0 amide bonds. The molecule has 3 aliphatic heterocycles. The van der Waals surface area contributed by atoms with Crippen molar-refractivity contribution in [2.75, 3.05) is 26.4 Å². The number of hydrogen-bond donors (Lipinski definition) is 0. The standard InChI is InChI=1S/C9H13NO7/c11-10(12)17-6-4-13-8-7(6)14-5-9(8)15-2-1-3-16-9/h6-8H,1-5H2. The number of hydrogen-bond acceptors (Lipinski definition) is 7. The molecule has 8 nitrogen and oxygen atoms in total. The van der Waals surface area contributed by atoms with E-state index >= 15 is 0 Å². The molecule has 17 heavy (non-hydrogen) atoms. The van der Waals surface area contributed by atoms with Crippen molar-refractivity contribution in [3.05, 3.63) is 10.1 Å². The van der Waals surface area contributed by atoms with Gasteiger partial charge in [0, 0.05) is 0 Å². The van der Waals surface area contributed by atoms with E-state index < -0.39 is 29.2 Å². The molecule has 0 aromatic carbocycles. The van der Waals surface area contributed by atoms with Gasteiger partial charge in [-0.1, -0.05) is 0 Å². The predicted octanol–water partition coefficient (Wildman–Crippen LogP) is -0.506. The number of ether oxygens (including phenoxy) is 4. The van der Waals surface area contributed by atoms with Gasteiger partial charge in [-0.15, -0.1) is 10.1 Å². The minimum atomic E-state index is -0.905. The fourth-order valence-electron chi connectivity index (χ4n) is 2.49. The highest BCUT2D eigenvalue weighted by Crippen LogP contribution is 2.40. The van der Waals surface area contributed by atoms with Crippen molar-refractivity contribution >= 4 is 0 Å². The molecule has 0 saturated carbocycles. The maximum atomic E-state index is 10.3. The zero-order chi connectivity index (χ0) is 11.9. The lowest BCUT2D eigenvalue weighted by molar-refractivity contribution is -0.769. The maximum Gasteiger partial charge on any atom is 0.294 e. The van der Waals surface area contributed by atoms with Crippen molar-refractivity contribution in [3.63, 3.8) is 0 Å². The van der Waals surface area contributed by atoms with Gasteiger partial charge in [0.1, 0.15) is 18.8 Å². The third kappa shape index (κ3) is 1.77. The molecule has 0 aromatic heterocycles. The zero-order valence-corrected chi connectivity index (χ0v) is 9.07. The SMILES string of the molecule is O=[N+]([O-])OC1COC2C1OCC21OCCCO1. The van der Waals surface area contributed by atoms with Gasteiger partial charge in [0.2, 0.25) is 5.79 Å². The van der Waals surface area contributed by atoms with Gasteiger partial charge in [-0.25, -0.2) is 0 Å². The summed E-state index contributed by atoms with van der Waals surface area (Å²) in [5.41, 5.74) is 0. The van der Waals surface area contributed by atoms with Crippen LogP contribution in [0.2, 0.25) is 0 Å². The van der Waals surface area contributed by atoms with Crippen molar-refractivity contribution < 1.29 is 28.9 Å². The monoisotopic (exact) mass is 247 g/mol. The van der Waals surface area contributed by atoms with Crippen molar-refractivity contribution in [1.82, 2.24) is 0 Å². The average Bonchev–Trinajstić information content (AvgIpc) is 2.84. The Bertz CT molecular complexity index is 316. The molecular weight excluding hydrogens is 234 g/mol. The summed E-state index contributed by atoms with van der Waals surface area (Å²) < 4.78 is 22.2. The summed E-state index contributed by atoms with van der Waals surface area (Å²) in [6.07, 6.45) is -0.830. The zero-order valence-electron chi connectivity index (χ0n) is 9.07. The van der Waals surface area contributed by atoms with E-state index in [0.717, 1.165) is 6.42 Å². The van der Waals surface area contributed by atoms with Gasteiger partial charge in [0.05, 0.1) is 19.8 Å². The summed E-state index contributed by atoms with van der Waals surface area (Å²) in [6, 6.07) is 0. The highest BCUT2D eigenvalue weighted by atomic mass is 17.0. The summed E-state index contributed by atoms with van der Waals surface area (Å²) in [4.78, 5) is 14.8. The average molecular weight is 247 g/mol. The molecule has 3 fully saturated rings. The summed E-state index contributed by atoms with van der Waals surface area (Å²) in [6.45, 7) is 1.50. The molecule has 0 radical (unpaired) electrons. The van der Waals surface area contributed by atoms with Gasteiger partial charge in [-0.2, -0.15) is 0 Å². The van der Waals surface area contributed by atoms with Gasteiger partial charge in [-0.05, 0) is 6.42 Å². The van der Waals surface area contributed by atoms with Crippen LogP contribution in [0.4, 0.5) is 0 Å². The topological polar surface area (TPSA) is 89.3 Å². The van der Waals surface area contributed by atoms with Crippen LogP contribution in [-0.4, -0.2) is 55.6 Å². The van der Waals surface area contributed by atoms with E-state index in [1.165, 1.54) is 0 Å². The second kappa shape index (κ2) is 4.05. The Kier molecular flexibility index (Phi) is 2.66. The first-order chi connectivity index (χ1) is 8.21. The van der Waals surface area contributed by atoms with E-state index in [0.29, 0.717) is 13.2 Å². The Labute approximate surface area is 96.8 Å². The van der Waals surface area contributed by atoms with Crippen LogP contribution in [0.25, 0.3) is 0 Å². The summed E-state index contributed by atoms with van der Waals surface area (Å²) in [5.74, 6) is -0.905. The molecule has 96 valence electrons. The summed E-state index contributed by atoms with van der Waals surface area (Å²) >= 11 is 0. The lowest BCUT2D eigenvalue weighted by Crippen LogP contribution is -2.51. The first-order valence-electron chi connectivity index (χ1n) is 5.53. The van der Waals surface area contributed by atoms with E-state index in [1.54, 1.807) is 0 Å². The van der Waals surface area contributed by atoms with Crippen molar-refractivity contribution in [1.29, 1.82) is 0 Å². The van der Waals surface area contributed by atoms with Gasteiger partial charge < -0.3 is 23.8 Å². The molecule has 0 aliphatic carbocycles. The minimum Gasteiger partial charge on any atom is -0.367 e. The second-order valence-corrected chi connectivity index (χ2v) is 4.26. The van der Waals surface area contributed by atoms with Crippen LogP contribution >= 0.6 is 0 Å². The third-order valence-corrected chi connectivity index (χ3v) is 3.22. The van der Waals surface area contributed by atoms with E-state index in [1.807, 2.05) is 0 Å². The minimum absolute atomic E-state index is 0.116. The molecule has 3 aliphatic rings. The molecule has 3 heterocycles. The number of nitrogens with zero attached hydrogens (tertiary/aromatic N) is 1. The molecule has 3 unspecified atom stereocenters. The Morgan fingerprint density at radius 1 is 1.29 bits per heavy atom. The van der Waals surface area contributed by atoms with E-state index in [9.17, 15) is 10.1 Å². The molecule has 8 heteroatoms. The van der Waals surface area contributed by atoms with Gasteiger partial charge >= 0.3 is 0 Å². The van der Waals surface area contributed by atoms with Gasteiger partial charge in [0.25, 0.3) is 5.09 Å². The first-order valence-corrected chi connectivity index (χ1v) is 5.53. The summed E-state index contributed by atoms with van der Waals surface area (Å²) in [5, 5.41) is 9.50. The van der Waals surface area contributed by atoms with Gasteiger partial charge in [0.15, 0.2) is 6.10 Å². The summed E-state index contributed by atoms with van der Waals surface area (Å²) in [7, 11) is 0. The largest absolute Gasteiger partial charge is 0.367 e. The smallest absolute Gasteiger partial charge is 0.294 e. The number of rotatable bonds is 2. The fourth-order valence-corrected chi connectivity index (χ4v) is 2.49. The van der Waals surface area contributed by atoms with Crippen molar-refractivity contribution in [2.24, 2.45) is 0 Å². The van der Waals surface area contributed by atoms with Crippen LogP contribution in [0, 0.1) is 10.1 Å². The van der Waals surface area contributed by atoms with Crippen molar-refractivity contribution in [3.8, 4) is 0 Å². The molecule has 0 aromatic rings. The third-order valence-electron chi connectivity index (χ3n) is 3.22. The van der Waals surface area contributed by atoms with Crippen molar-refractivity contribution in [2.45, 2.75) is 30.5 Å². The Balaban J connectivity index is 1.72. The maximum absolute atomic E-state index is 10.3. The predicted molar refractivity (Wildman–Crippen MR) is 50.6 cm³/mol. The van der Waals surface area contributed by atoms with E-state index in [2.05, 4.69) is 4.84 Å². The quantitative estimate of drug-likeness (QED) is 0.479. The lowest BCUT2D eigenvalue weighted by atomic mass is 10.1. The van der Waals surface area contributed by atoms with Crippen LogP contribution in [0.15, 0.2) is 0 Å². The normalized spacial score (nSPS) is 39.2.